The zero-order chi connectivity index (χ0) is 20.5. The number of hydrogen-bond donors (Lipinski definition) is 0. The summed E-state index contributed by atoms with van der Waals surface area (Å²) in [5.74, 6) is -0.0554. The van der Waals surface area contributed by atoms with E-state index in [1.54, 1.807) is 0 Å². The molecule has 1 aliphatic heterocycles. The maximum atomic E-state index is 11.5. The Balaban J connectivity index is 1.96. The van der Waals surface area contributed by atoms with Crippen LogP contribution < -0.4 is 0 Å². The van der Waals surface area contributed by atoms with E-state index in [9.17, 15) is 9.59 Å². The van der Waals surface area contributed by atoms with Gasteiger partial charge in [-0.1, -0.05) is 33.1 Å². The molecule has 5 unspecified atom stereocenters. The van der Waals surface area contributed by atoms with Crippen molar-refractivity contribution < 1.29 is 28.5 Å². The fourth-order valence-corrected chi connectivity index (χ4v) is 3.83. The minimum atomic E-state index is -0.705. The second-order valence-corrected chi connectivity index (χ2v) is 7.91. The molecule has 1 aliphatic carbocycles. The molecule has 0 N–H and O–H groups in total. The van der Waals surface area contributed by atoms with Crippen LogP contribution in [-0.2, 0) is 28.5 Å². The van der Waals surface area contributed by atoms with Crippen LogP contribution >= 0.6 is 0 Å². The van der Waals surface area contributed by atoms with Gasteiger partial charge >= 0.3 is 11.9 Å². The van der Waals surface area contributed by atoms with Crippen LogP contribution in [0.25, 0.3) is 0 Å². The van der Waals surface area contributed by atoms with E-state index in [1.165, 1.54) is 46.0 Å². The molecule has 2 rings (SSSR count). The van der Waals surface area contributed by atoms with Gasteiger partial charge in [0.15, 0.2) is 12.4 Å². The van der Waals surface area contributed by atoms with Gasteiger partial charge < -0.3 is 18.9 Å². The molecular weight excluding hydrogens is 360 g/mol. The molecule has 1 heterocycles. The Hall–Kier alpha value is -1.62. The Labute approximate surface area is 168 Å². The third-order valence-corrected chi connectivity index (χ3v) is 5.71. The number of hydrogen-bond acceptors (Lipinski definition) is 6. The minimum absolute atomic E-state index is 0.00460. The summed E-state index contributed by atoms with van der Waals surface area (Å²) >= 11 is 0. The number of carbonyl (C=O) groups excluding carboxylic acids is 2. The molecule has 5 atom stereocenters. The topological polar surface area (TPSA) is 71.1 Å². The second kappa shape index (κ2) is 11.4. The molecule has 28 heavy (non-hydrogen) atoms. The van der Waals surface area contributed by atoms with Crippen molar-refractivity contribution in [2.24, 2.45) is 17.8 Å². The molecule has 1 saturated heterocycles. The highest BCUT2D eigenvalue weighted by Crippen LogP contribution is 2.33. The molecule has 0 amide bonds. The highest BCUT2D eigenvalue weighted by Gasteiger charge is 2.44. The van der Waals surface area contributed by atoms with Crippen molar-refractivity contribution in [2.75, 3.05) is 13.2 Å². The van der Waals surface area contributed by atoms with E-state index in [-0.39, 0.29) is 36.5 Å². The van der Waals surface area contributed by atoms with Gasteiger partial charge in [0, 0.05) is 19.8 Å². The number of rotatable bonds is 7. The van der Waals surface area contributed by atoms with Crippen LogP contribution in [0.3, 0.4) is 0 Å². The first-order valence-electron chi connectivity index (χ1n) is 10.4. The predicted molar refractivity (Wildman–Crippen MR) is 104 cm³/mol. The van der Waals surface area contributed by atoms with E-state index in [0.29, 0.717) is 12.5 Å². The molecular formula is C22H34O6. The van der Waals surface area contributed by atoms with Crippen LogP contribution in [-0.4, -0.2) is 43.7 Å². The summed E-state index contributed by atoms with van der Waals surface area (Å²) in [4.78, 5) is 22.7. The molecule has 0 aromatic heterocycles. The van der Waals surface area contributed by atoms with E-state index >= 15 is 0 Å². The Morgan fingerprint density at radius 2 is 1.79 bits per heavy atom. The summed E-state index contributed by atoms with van der Waals surface area (Å²) in [6, 6.07) is 0. The first kappa shape index (κ1) is 22.7. The monoisotopic (exact) mass is 394 g/mol. The molecule has 158 valence electrons. The molecule has 6 nitrogen and oxygen atoms in total. The van der Waals surface area contributed by atoms with E-state index < -0.39 is 12.4 Å². The molecule has 1 saturated carbocycles. The van der Waals surface area contributed by atoms with Crippen molar-refractivity contribution >= 4 is 11.9 Å². The zero-order valence-electron chi connectivity index (χ0n) is 17.5. The highest BCUT2D eigenvalue weighted by atomic mass is 16.7. The Bertz CT molecular complexity index is 572. The standard InChI is InChI=1S/C22H34O6/c1-15-16(2)21(27-18(4)24)22(28-20(15)14-26-17(3)23)25-13-9-8-12-19-10-6-5-7-11-19/h9,12,15-16,19-22H,5-7,10-11,13-14H2,1-4H3. The Morgan fingerprint density at radius 1 is 1.07 bits per heavy atom. The second-order valence-electron chi connectivity index (χ2n) is 7.91. The van der Waals surface area contributed by atoms with Crippen molar-refractivity contribution in [2.45, 2.75) is 78.3 Å². The van der Waals surface area contributed by atoms with Gasteiger partial charge in [-0.25, -0.2) is 0 Å². The fourth-order valence-electron chi connectivity index (χ4n) is 3.83. The summed E-state index contributed by atoms with van der Waals surface area (Å²) in [6.07, 6.45) is 8.83. The van der Waals surface area contributed by atoms with E-state index in [0.717, 1.165) is 0 Å². The zero-order valence-corrected chi connectivity index (χ0v) is 17.5. The first-order chi connectivity index (χ1) is 13.4. The van der Waals surface area contributed by atoms with Crippen LogP contribution in [0, 0.1) is 17.8 Å². The third-order valence-electron chi connectivity index (χ3n) is 5.71. The van der Waals surface area contributed by atoms with Gasteiger partial charge in [0.25, 0.3) is 0 Å². The third kappa shape index (κ3) is 7.08. The molecule has 0 radical (unpaired) electrons. The van der Waals surface area contributed by atoms with Gasteiger partial charge in [-0.05, 0) is 36.8 Å². The smallest absolute Gasteiger partial charge is 0.303 e. The predicted octanol–water partition coefficient (Wildman–Crippen LogP) is 3.79. The average molecular weight is 395 g/mol. The number of carbonyl (C=O) groups is 2. The molecule has 0 aromatic carbocycles. The summed E-state index contributed by atoms with van der Waals surface area (Å²) in [5, 5.41) is 0. The van der Waals surface area contributed by atoms with Gasteiger partial charge in [-0.15, -0.1) is 5.73 Å². The van der Waals surface area contributed by atoms with E-state index in [1.807, 2.05) is 19.9 Å². The van der Waals surface area contributed by atoms with Crippen LogP contribution in [0.4, 0.5) is 0 Å². The number of ether oxygens (including phenoxy) is 4. The Kier molecular flexibility index (Phi) is 9.23. The van der Waals surface area contributed by atoms with Crippen molar-refractivity contribution in [3.05, 3.63) is 17.9 Å². The summed E-state index contributed by atoms with van der Waals surface area (Å²) < 4.78 is 22.5. The van der Waals surface area contributed by atoms with Gasteiger partial charge in [0.1, 0.15) is 6.61 Å². The summed E-state index contributed by atoms with van der Waals surface area (Å²) in [6.45, 7) is 7.22. The van der Waals surface area contributed by atoms with Crippen LogP contribution in [0.5, 0.6) is 0 Å². The molecule has 2 aliphatic rings. The summed E-state index contributed by atoms with van der Waals surface area (Å²) in [5.41, 5.74) is 3.21. The fraction of sp³-hybridized carbons (Fsp3) is 0.773. The largest absolute Gasteiger partial charge is 0.463 e. The van der Waals surface area contributed by atoms with Crippen molar-refractivity contribution in [1.29, 1.82) is 0 Å². The molecule has 0 bridgehead atoms. The first-order valence-corrected chi connectivity index (χ1v) is 10.4. The van der Waals surface area contributed by atoms with Gasteiger partial charge in [0.2, 0.25) is 0 Å². The van der Waals surface area contributed by atoms with Gasteiger partial charge in [-0.2, -0.15) is 0 Å². The minimum Gasteiger partial charge on any atom is -0.463 e. The lowest BCUT2D eigenvalue weighted by atomic mass is 9.83. The van der Waals surface area contributed by atoms with E-state index in [4.69, 9.17) is 18.9 Å². The van der Waals surface area contributed by atoms with Crippen LogP contribution in [0.15, 0.2) is 17.9 Å². The molecule has 2 fully saturated rings. The molecule has 0 aromatic rings. The molecule has 6 heteroatoms. The van der Waals surface area contributed by atoms with Crippen molar-refractivity contribution in [1.82, 2.24) is 0 Å². The molecule has 0 spiro atoms. The lowest BCUT2D eigenvalue weighted by molar-refractivity contribution is -0.277. The average Bonchev–Trinajstić information content (AvgIpc) is 2.66. The lowest BCUT2D eigenvalue weighted by Crippen LogP contribution is -2.53. The maximum absolute atomic E-state index is 11.5. The SMILES string of the molecule is CC(=O)OCC1OC(OCC=C=CC2CCCCC2)C(OC(C)=O)C(C)C1C. The highest BCUT2D eigenvalue weighted by molar-refractivity contribution is 5.66. The normalized spacial score (nSPS) is 30.8. The lowest BCUT2D eigenvalue weighted by Gasteiger charge is -2.43. The van der Waals surface area contributed by atoms with Crippen LogP contribution in [0.1, 0.15) is 59.8 Å². The van der Waals surface area contributed by atoms with Crippen LogP contribution in [0.2, 0.25) is 0 Å². The van der Waals surface area contributed by atoms with Gasteiger partial charge in [-0.3, -0.25) is 9.59 Å². The maximum Gasteiger partial charge on any atom is 0.303 e. The number of esters is 2. The quantitative estimate of drug-likeness (QED) is 0.483. The van der Waals surface area contributed by atoms with Gasteiger partial charge in [0.05, 0.1) is 12.7 Å². The van der Waals surface area contributed by atoms with E-state index in [2.05, 4.69) is 11.8 Å². The van der Waals surface area contributed by atoms with Crippen molar-refractivity contribution in [3.63, 3.8) is 0 Å². The Morgan fingerprint density at radius 3 is 2.43 bits per heavy atom. The van der Waals surface area contributed by atoms with Crippen molar-refractivity contribution in [3.8, 4) is 0 Å². The summed E-state index contributed by atoms with van der Waals surface area (Å²) in [7, 11) is 0.